The number of carbonyl (C=O) groups excluding carboxylic acids is 1. The van der Waals surface area contributed by atoms with Gasteiger partial charge in [-0.15, -0.1) is 6.58 Å². The number of benzene rings is 1. The zero-order valence-corrected chi connectivity index (χ0v) is 10.4. The van der Waals surface area contributed by atoms with E-state index < -0.39 is 0 Å². The molecule has 90 valence electrons. The molecule has 0 amide bonds. The highest BCUT2D eigenvalue weighted by Gasteiger charge is 2.09. The second kappa shape index (κ2) is 6.69. The van der Waals surface area contributed by atoms with Crippen LogP contribution in [-0.4, -0.2) is 5.97 Å². The molecule has 0 spiro atoms. The molecule has 2 heteroatoms. The van der Waals surface area contributed by atoms with Gasteiger partial charge >= 0.3 is 5.97 Å². The number of aryl methyl sites for hydroxylation is 1. The quantitative estimate of drug-likeness (QED) is 0.334. The number of hydrogen-bond donors (Lipinski definition) is 0. The number of carbonyl (C=O) groups is 1. The molecule has 0 aliphatic carbocycles. The predicted octanol–water partition coefficient (Wildman–Crippen LogP) is 3.68. The lowest BCUT2D eigenvalue weighted by molar-refractivity contribution is -0.130. The van der Waals surface area contributed by atoms with Gasteiger partial charge in [-0.1, -0.05) is 37.3 Å². The molecule has 17 heavy (non-hydrogen) atoms. The van der Waals surface area contributed by atoms with E-state index in [-0.39, 0.29) is 5.97 Å². The van der Waals surface area contributed by atoms with Crippen LogP contribution in [0.4, 0.5) is 0 Å². The van der Waals surface area contributed by atoms with E-state index in [4.69, 9.17) is 4.74 Å². The number of rotatable bonds is 5. The molecule has 0 fully saturated rings. The third-order valence-corrected chi connectivity index (χ3v) is 2.47. The van der Waals surface area contributed by atoms with E-state index in [1.54, 1.807) is 13.0 Å². The third kappa shape index (κ3) is 3.91. The molecule has 0 unspecified atom stereocenters. The maximum Gasteiger partial charge on any atom is 0.338 e. The molecule has 0 N–H and O–H groups in total. The molecule has 0 atom stereocenters. The van der Waals surface area contributed by atoms with E-state index in [9.17, 15) is 4.79 Å². The molecule has 0 heterocycles. The Hall–Kier alpha value is -1.83. The fourth-order valence-corrected chi connectivity index (χ4v) is 1.42. The van der Waals surface area contributed by atoms with Crippen molar-refractivity contribution in [1.29, 1.82) is 0 Å². The van der Waals surface area contributed by atoms with Crippen LogP contribution in [0.5, 0.6) is 5.75 Å². The normalized spacial score (nSPS) is 11.1. The van der Waals surface area contributed by atoms with Crippen molar-refractivity contribution in [1.82, 2.24) is 0 Å². The van der Waals surface area contributed by atoms with Crippen LogP contribution in [0, 0.1) is 0 Å². The second-order valence-electron chi connectivity index (χ2n) is 3.76. The fraction of sp³-hybridized carbons (Fsp3) is 0.267. The predicted molar refractivity (Wildman–Crippen MR) is 70.0 cm³/mol. The molecule has 0 aliphatic heterocycles. The van der Waals surface area contributed by atoms with Crippen molar-refractivity contribution in [2.75, 3.05) is 0 Å². The zero-order valence-electron chi connectivity index (χ0n) is 10.4. The van der Waals surface area contributed by atoms with Crippen LogP contribution in [0.2, 0.25) is 0 Å². The van der Waals surface area contributed by atoms with Gasteiger partial charge in [-0.05, 0) is 31.4 Å². The molecule has 1 aromatic rings. The van der Waals surface area contributed by atoms with E-state index in [0.717, 1.165) is 12.0 Å². The van der Waals surface area contributed by atoms with E-state index in [2.05, 4.69) is 6.58 Å². The monoisotopic (exact) mass is 230 g/mol. The van der Waals surface area contributed by atoms with Crippen LogP contribution in [0.15, 0.2) is 48.6 Å². The van der Waals surface area contributed by atoms with E-state index in [1.165, 1.54) is 0 Å². The van der Waals surface area contributed by atoms with Gasteiger partial charge in [0.2, 0.25) is 0 Å². The summed E-state index contributed by atoms with van der Waals surface area (Å²) in [6, 6.07) is 7.59. The number of hydrogen-bond acceptors (Lipinski definition) is 2. The van der Waals surface area contributed by atoms with Crippen LogP contribution >= 0.6 is 0 Å². The Morgan fingerprint density at radius 3 is 2.76 bits per heavy atom. The lowest BCUT2D eigenvalue weighted by Gasteiger charge is -2.08. The van der Waals surface area contributed by atoms with Gasteiger partial charge in [-0.25, -0.2) is 4.79 Å². The fourth-order valence-electron chi connectivity index (χ4n) is 1.42. The van der Waals surface area contributed by atoms with Crippen LogP contribution < -0.4 is 4.74 Å². The molecule has 0 saturated heterocycles. The Kier molecular flexibility index (Phi) is 5.21. The van der Waals surface area contributed by atoms with Crippen LogP contribution in [0.1, 0.15) is 25.8 Å². The van der Waals surface area contributed by atoms with E-state index in [1.807, 2.05) is 37.3 Å². The summed E-state index contributed by atoms with van der Waals surface area (Å²) in [5.74, 6) is 0.346. The van der Waals surface area contributed by atoms with Gasteiger partial charge < -0.3 is 4.74 Å². The molecule has 0 saturated carbocycles. The summed E-state index contributed by atoms with van der Waals surface area (Å²) >= 11 is 0. The Morgan fingerprint density at radius 1 is 1.41 bits per heavy atom. The van der Waals surface area contributed by atoms with Crippen LogP contribution in [-0.2, 0) is 11.2 Å². The number of allylic oxidation sites excluding steroid dienone is 2. The molecule has 0 aliphatic rings. The van der Waals surface area contributed by atoms with Crippen molar-refractivity contribution in [2.24, 2.45) is 0 Å². The summed E-state index contributed by atoms with van der Waals surface area (Å²) in [4.78, 5) is 11.8. The standard InChI is InChI=1S/C15H18O2/c1-4-6-9-12(3)15(16)17-14-11-8-7-10-13(14)5-2/h4,7-11H,1,5-6H2,2-3H3. The van der Waals surface area contributed by atoms with Crippen molar-refractivity contribution in [3.8, 4) is 5.75 Å². The number of ether oxygens (including phenoxy) is 1. The van der Waals surface area contributed by atoms with Crippen LogP contribution in [0.25, 0.3) is 0 Å². The maximum atomic E-state index is 11.8. The van der Waals surface area contributed by atoms with Gasteiger partial charge in [0.1, 0.15) is 5.75 Å². The maximum absolute atomic E-state index is 11.8. The first-order valence-corrected chi connectivity index (χ1v) is 5.76. The van der Waals surface area contributed by atoms with Crippen molar-refractivity contribution in [2.45, 2.75) is 26.7 Å². The van der Waals surface area contributed by atoms with Crippen molar-refractivity contribution in [3.63, 3.8) is 0 Å². The summed E-state index contributed by atoms with van der Waals surface area (Å²) in [5.41, 5.74) is 1.65. The Morgan fingerprint density at radius 2 is 2.12 bits per heavy atom. The molecule has 0 bridgehead atoms. The summed E-state index contributed by atoms with van der Waals surface area (Å²) in [5, 5.41) is 0. The molecule has 2 nitrogen and oxygen atoms in total. The molecule has 1 aromatic carbocycles. The first-order valence-electron chi connectivity index (χ1n) is 5.76. The highest BCUT2D eigenvalue weighted by molar-refractivity contribution is 5.89. The minimum Gasteiger partial charge on any atom is -0.423 e. The highest BCUT2D eigenvalue weighted by atomic mass is 16.5. The highest BCUT2D eigenvalue weighted by Crippen LogP contribution is 2.19. The second-order valence-corrected chi connectivity index (χ2v) is 3.76. The summed E-state index contributed by atoms with van der Waals surface area (Å²) < 4.78 is 5.35. The van der Waals surface area contributed by atoms with Crippen LogP contribution in [0.3, 0.4) is 0 Å². The average Bonchev–Trinajstić information content (AvgIpc) is 2.36. The summed E-state index contributed by atoms with van der Waals surface area (Å²) in [6.07, 6.45) is 5.08. The molecule has 0 radical (unpaired) electrons. The summed E-state index contributed by atoms with van der Waals surface area (Å²) in [6.45, 7) is 7.39. The van der Waals surface area contributed by atoms with Gasteiger partial charge in [0.15, 0.2) is 0 Å². The van der Waals surface area contributed by atoms with E-state index in [0.29, 0.717) is 17.7 Å². The first-order chi connectivity index (χ1) is 8.19. The summed E-state index contributed by atoms with van der Waals surface area (Å²) in [7, 11) is 0. The average molecular weight is 230 g/mol. The molecular weight excluding hydrogens is 212 g/mol. The largest absolute Gasteiger partial charge is 0.423 e. The Labute approximate surface area is 103 Å². The minimum atomic E-state index is -0.298. The molecule has 0 aromatic heterocycles. The third-order valence-electron chi connectivity index (χ3n) is 2.47. The lowest BCUT2D eigenvalue weighted by Crippen LogP contribution is -2.10. The number of para-hydroxylation sites is 1. The Balaban J connectivity index is 2.77. The van der Waals surface area contributed by atoms with Crippen molar-refractivity contribution < 1.29 is 9.53 Å². The van der Waals surface area contributed by atoms with Gasteiger partial charge in [0, 0.05) is 5.57 Å². The smallest absolute Gasteiger partial charge is 0.338 e. The Bertz CT molecular complexity index is 430. The van der Waals surface area contributed by atoms with Crippen molar-refractivity contribution in [3.05, 3.63) is 54.1 Å². The van der Waals surface area contributed by atoms with Gasteiger partial charge in [-0.2, -0.15) is 0 Å². The van der Waals surface area contributed by atoms with Gasteiger partial charge in [0.05, 0.1) is 0 Å². The lowest BCUT2D eigenvalue weighted by atomic mass is 10.1. The van der Waals surface area contributed by atoms with Gasteiger partial charge in [-0.3, -0.25) is 0 Å². The zero-order chi connectivity index (χ0) is 12.7. The van der Waals surface area contributed by atoms with Gasteiger partial charge in [0.25, 0.3) is 0 Å². The topological polar surface area (TPSA) is 26.3 Å². The minimum absolute atomic E-state index is 0.298. The first kappa shape index (κ1) is 13.2. The van der Waals surface area contributed by atoms with E-state index >= 15 is 0 Å². The van der Waals surface area contributed by atoms with Crippen molar-refractivity contribution >= 4 is 5.97 Å². The SMILES string of the molecule is C=CCC=C(C)C(=O)Oc1ccccc1CC. The molecular formula is C15H18O2. The number of esters is 1. The molecule has 1 rings (SSSR count).